The van der Waals surface area contributed by atoms with Crippen molar-refractivity contribution in [3.05, 3.63) is 59.9 Å². The van der Waals surface area contributed by atoms with Crippen LogP contribution in [0, 0.1) is 5.82 Å². The first-order valence-electron chi connectivity index (χ1n) is 6.19. The number of rotatable bonds is 4. The summed E-state index contributed by atoms with van der Waals surface area (Å²) in [4.78, 5) is 0. The molecule has 0 aliphatic heterocycles. The average Bonchev–Trinajstić information content (AvgIpc) is 2.41. The first-order chi connectivity index (χ1) is 9.01. The molecule has 0 aromatic heterocycles. The molecule has 0 spiro atoms. The summed E-state index contributed by atoms with van der Waals surface area (Å²) >= 11 is 0. The second-order valence-electron chi connectivity index (χ2n) is 4.99. The number of ether oxygens (including phenoxy) is 1. The van der Waals surface area contributed by atoms with Crippen molar-refractivity contribution in [3.63, 3.8) is 0 Å². The largest absolute Gasteiger partial charge is 0.497 e. The van der Waals surface area contributed by atoms with Gasteiger partial charge in [0.1, 0.15) is 11.6 Å². The number of nitrogens with one attached hydrogen (secondary N) is 1. The number of anilines is 1. The summed E-state index contributed by atoms with van der Waals surface area (Å²) in [6.07, 6.45) is 0. The fourth-order valence-corrected chi connectivity index (χ4v) is 1.97. The number of methoxy groups -OCH3 is 1. The summed E-state index contributed by atoms with van der Waals surface area (Å²) < 4.78 is 18.0. The van der Waals surface area contributed by atoms with E-state index in [1.165, 1.54) is 12.1 Å². The maximum Gasteiger partial charge on any atom is 0.123 e. The Bertz CT molecular complexity index is 532. The van der Waals surface area contributed by atoms with Crippen LogP contribution >= 0.6 is 0 Å². The lowest BCUT2D eigenvalue weighted by atomic mass is 9.94. The van der Waals surface area contributed by atoms with E-state index in [1.807, 2.05) is 24.3 Å². The maximum atomic E-state index is 12.9. The van der Waals surface area contributed by atoms with Crippen LogP contribution in [0.5, 0.6) is 5.75 Å². The molecule has 1 N–H and O–H groups in total. The minimum absolute atomic E-state index is 0.229. The Morgan fingerprint density at radius 2 is 1.53 bits per heavy atom. The summed E-state index contributed by atoms with van der Waals surface area (Å²) in [6.45, 7) is 4.16. The predicted molar refractivity (Wildman–Crippen MR) is 76.0 cm³/mol. The van der Waals surface area contributed by atoms with E-state index in [2.05, 4.69) is 19.2 Å². The first-order valence-corrected chi connectivity index (χ1v) is 6.19. The number of benzene rings is 2. The predicted octanol–water partition coefficient (Wildman–Crippen LogP) is 4.18. The van der Waals surface area contributed by atoms with Crippen LogP contribution in [-0.2, 0) is 5.54 Å². The highest BCUT2D eigenvalue weighted by molar-refractivity contribution is 5.47. The smallest absolute Gasteiger partial charge is 0.123 e. The van der Waals surface area contributed by atoms with Gasteiger partial charge in [0.2, 0.25) is 0 Å². The van der Waals surface area contributed by atoms with Gasteiger partial charge >= 0.3 is 0 Å². The van der Waals surface area contributed by atoms with E-state index in [9.17, 15) is 4.39 Å². The quantitative estimate of drug-likeness (QED) is 0.889. The summed E-state index contributed by atoms with van der Waals surface area (Å²) in [6, 6.07) is 14.3. The van der Waals surface area contributed by atoms with E-state index in [4.69, 9.17) is 4.74 Å². The van der Waals surface area contributed by atoms with Gasteiger partial charge in [-0.25, -0.2) is 4.39 Å². The highest BCUT2D eigenvalue weighted by Crippen LogP contribution is 2.27. The van der Waals surface area contributed by atoms with Gasteiger partial charge in [-0.05, 0) is 55.8 Å². The summed E-state index contributed by atoms with van der Waals surface area (Å²) in [7, 11) is 1.65. The molecule has 0 bridgehead atoms. The Labute approximate surface area is 113 Å². The van der Waals surface area contributed by atoms with E-state index in [-0.39, 0.29) is 11.4 Å². The minimum Gasteiger partial charge on any atom is -0.497 e. The molecule has 0 unspecified atom stereocenters. The van der Waals surface area contributed by atoms with Crippen LogP contribution in [0.1, 0.15) is 19.4 Å². The van der Waals surface area contributed by atoms with Crippen molar-refractivity contribution in [2.75, 3.05) is 12.4 Å². The van der Waals surface area contributed by atoms with Crippen LogP contribution in [0.2, 0.25) is 0 Å². The van der Waals surface area contributed by atoms with Crippen LogP contribution in [0.25, 0.3) is 0 Å². The highest BCUT2D eigenvalue weighted by atomic mass is 19.1. The van der Waals surface area contributed by atoms with Crippen LogP contribution in [-0.4, -0.2) is 7.11 Å². The van der Waals surface area contributed by atoms with Gasteiger partial charge in [0, 0.05) is 5.69 Å². The molecule has 3 heteroatoms. The van der Waals surface area contributed by atoms with Gasteiger partial charge in [0.25, 0.3) is 0 Å². The zero-order valence-corrected chi connectivity index (χ0v) is 11.4. The molecule has 2 aromatic carbocycles. The molecule has 2 rings (SSSR count). The lowest BCUT2D eigenvalue weighted by Gasteiger charge is -2.28. The normalized spacial score (nSPS) is 11.2. The standard InChI is InChI=1S/C16H18FNO/c1-16(2,12-4-10-15(19-3)11-5-12)18-14-8-6-13(17)7-9-14/h4-11,18H,1-3H3. The molecular weight excluding hydrogens is 241 g/mol. The van der Waals surface area contributed by atoms with E-state index >= 15 is 0 Å². The van der Waals surface area contributed by atoms with Gasteiger partial charge in [0.15, 0.2) is 0 Å². The van der Waals surface area contributed by atoms with E-state index < -0.39 is 0 Å². The molecule has 0 amide bonds. The van der Waals surface area contributed by atoms with Gasteiger partial charge in [-0.3, -0.25) is 0 Å². The minimum atomic E-state index is -0.246. The van der Waals surface area contributed by atoms with Gasteiger partial charge in [0.05, 0.1) is 12.6 Å². The van der Waals surface area contributed by atoms with E-state index in [0.29, 0.717) is 0 Å². The van der Waals surface area contributed by atoms with Crippen molar-refractivity contribution in [2.24, 2.45) is 0 Å². The second-order valence-corrected chi connectivity index (χ2v) is 4.99. The van der Waals surface area contributed by atoms with Crippen molar-refractivity contribution in [2.45, 2.75) is 19.4 Å². The van der Waals surface area contributed by atoms with E-state index in [1.54, 1.807) is 19.2 Å². The van der Waals surface area contributed by atoms with Crippen molar-refractivity contribution in [1.29, 1.82) is 0 Å². The van der Waals surface area contributed by atoms with Crippen molar-refractivity contribution in [1.82, 2.24) is 0 Å². The van der Waals surface area contributed by atoms with Crippen LogP contribution in [0.3, 0.4) is 0 Å². The number of halogens is 1. The monoisotopic (exact) mass is 259 g/mol. The van der Waals surface area contributed by atoms with Gasteiger partial charge in [-0.1, -0.05) is 12.1 Å². The fourth-order valence-electron chi connectivity index (χ4n) is 1.97. The fraction of sp³-hybridized carbons (Fsp3) is 0.250. The highest BCUT2D eigenvalue weighted by Gasteiger charge is 2.20. The number of hydrogen-bond acceptors (Lipinski definition) is 2. The van der Waals surface area contributed by atoms with Crippen LogP contribution in [0.4, 0.5) is 10.1 Å². The topological polar surface area (TPSA) is 21.3 Å². The zero-order chi connectivity index (χ0) is 13.9. The molecule has 0 radical (unpaired) electrons. The molecule has 19 heavy (non-hydrogen) atoms. The molecular formula is C16H18FNO. The van der Waals surface area contributed by atoms with E-state index in [0.717, 1.165) is 17.0 Å². The Morgan fingerprint density at radius 1 is 0.947 bits per heavy atom. The average molecular weight is 259 g/mol. The summed E-state index contributed by atoms with van der Waals surface area (Å²) in [5.74, 6) is 0.606. The van der Waals surface area contributed by atoms with Crippen molar-refractivity contribution >= 4 is 5.69 Å². The summed E-state index contributed by atoms with van der Waals surface area (Å²) in [5, 5.41) is 3.39. The molecule has 0 saturated carbocycles. The molecule has 2 aromatic rings. The Kier molecular flexibility index (Phi) is 3.74. The third-order valence-electron chi connectivity index (χ3n) is 3.11. The van der Waals surface area contributed by atoms with Crippen LogP contribution in [0.15, 0.2) is 48.5 Å². The molecule has 2 nitrogen and oxygen atoms in total. The molecule has 0 saturated heterocycles. The molecule has 0 aliphatic carbocycles. The SMILES string of the molecule is COc1ccc(C(C)(C)Nc2ccc(F)cc2)cc1. The third-order valence-corrected chi connectivity index (χ3v) is 3.11. The molecule has 0 heterocycles. The Balaban J connectivity index is 2.18. The molecule has 0 atom stereocenters. The lowest BCUT2D eigenvalue weighted by Crippen LogP contribution is -2.27. The molecule has 100 valence electrons. The first kappa shape index (κ1) is 13.4. The van der Waals surface area contributed by atoms with Gasteiger partial charge in [-0.2, -0.15) is 0 Å². The maximum absolute atomic E-state index is 12.9. The van der Waals surface area contributed by atoms with Crippen molar-refractivity contribution in [3.8, 4) is 5.75 Å². The summed E-state index contributed by atoms with van der Waals surface area (Å²) in [5.41, 5.74) is 1.78. The Hall–Kier alpha value is -2.03. The Morgan fingerprint density at radius 3 is 2.05 bits per heavy atom. The lowest BCUT2D eigenvalue weighted by molar-refractivity contribution is 0.414. The zero-order valence-electron chi connectivity index (χ0n) is 11.4. The van der Waals surface area contributed by atoms with Crippen LogP contribution < -0.4 is 10.1 Å². The molecule has 0 aliphatic rings. The van der Waals surface area contributed by atoms with Gasteiger partial charge in [-0.15, -0.1) is 0 Å². The van der Waals surface area contributed by atoms with Gasteiger partial charge < -0.3 is 10.1 Å². The second kappa shape index (κ2) is 5.31. The third kappa shape index (κ3) is 3.25. The number of hydrogen-bond donors (Lipinski definition) is 1. The molecule has 0 fully saturated rings. The van der Waals surface area contributed by atoms with Crippen molar-refractivity contribution < 1.29 is 9.13 Å².